The van der Waals surface area contributed by atoms with E-state index in [2.05, 4.69) is 5.32 Å². The summed E-state index contributed by atoms with van der Waals surface area (Å²) in [5.74, 6) is -0.432. The van der Waals surface area contributed by atoms with Crippen molar-refractivity contribution in [3.8, 4) is 5.75 Å². The third-order valence-electron chi connectivity index (χ3n) is 5.06. The molecule has 2 aromatic carbocycles. The number of hydrogen-bond acceptors (Lipinski definition) is 5. The number of nitrogens with one attached hydrogen (secondary N) is 1. The molecular weight excluding hydrogens is 358 g/mol. The van der Waals surface area contributed by atoms with Crippen molar-refractivity contribution in [1.82, 2.24) is 4.90 Å². The first-order valence-electron chi connectivity index (χ1n) is 9.21. The average molecular weight is 379 g/mol. The topological polar surface area (TPSA) is 91.2 Å². The van der Waals surface area contributed by atoms with E-state index >= 15 is 0 Å². The Morgan fingerprint density at radius 2 is 1.79 bits per heavy atom. The zero-order chi connectivity index (χ0) is 19.6. The minimum Gasteiger partial charge on any atom is -0.508 e. The average Bonchev–Trinajstić information content (AvgIpc) is 2.96. The van der Waals surface area contributed by atoms with E-state index in [1.54, 1.807) is 29.2 Å². The number of rotatable bonds is 4. The predicted octanol–water partition coefficient (Wildman–Crippen LogP) is 2.17. The molecule has 144 valence electrons. The number of aliphatic imine (C=N–C) groups is 1. The molecule has 2 heterocycles. The van der Waals surface area contributed by atoms with Gasteiger partial charge in [-0.05, 0) is 36.4 Å². The molecule has 0 bridgehead atoms. The van der Waals surface area contributed by atoms with Crippen molar-refractivity contribution in [2.45, 2.75) is 18.5 Å². The highest BCUT2D eigenvalue weighted by Crippen LogP contribution is 2.35. The third-order valence-corrected chi connectivity index (χ3v) is 5.06. The largest absolute Gasteiger partial charge is 0.508 e. The predicted molar refractivity (Wildman–Crippen MR) is 104 cm³/mol. The zero-order valence-corrected chi connectivity index (χ0v) is 15.3. The van der Waals surface area contributed by atoms with Crippen LogP contribution in [0.1, 0.15) is 18.4 Å². The van der Waals surface area contributed by atoms with Gasteiger partial charge in [-0.15, -0.1) is 0 Å². The van der Waals surface area contributed by atoms with Crippen molar-refractivity contribution in [2.75, 3.05) is 25.1 Å². The highest BCUT2D eigenvalue weighted by atomic mass is 16.5. The number of anilines is 1. The second-order valence-corrected chi connectivity index (χ2v) is 6.91. The van der Waals surface area contributed by atoms with Crippen molar-refractivity contribution in [3.63, 3.8) is 0 Å². The van der Waals surface area contributed by atoms with Gasteiger partial charge in [-0.1, -0.05) is 18.2 Å². The Morgan fingerprint density at radius 1 is 1.11 bits per heavy atom. The Kier molecular flexibility index (Phi) is 4.83. The number of nitrogens with zero attached hydrogens (tertiary/aromatic N) is 2. The number of carbonyl (C=O) groups excluding carboxylic acids is 2. The summed E-state index contributed by atoms with van der Waals surface area (Å²) in [5, 5.41) is 12.3. The maximum absolute atomic E-state index is 13.2. The fourth-order valence-corrected chi connectivity index (χ4v) is 3.61. The summed E-state index contributed by atoms with van der Waals surface area (Å²) in [4.78, 5) is 32.1. The molecule has 7 nitrogen and oxygen atoms in total. The molecule has 0 aromatic heterocycles. The highest BCUT2D eigenvalue weighted by molar-refractivity contribution is 6.47. The molecule has 0 radical (unpaired) electrons. The normalized spacial score (nSPS) is 18.2. The quantitative estimate of drug-likeness (QED) is 0.852. The van der Waals surface area contributed by atoms with Gasteiger partial charge in [-0.2, -0.15) is 0 Å². The first-order valence-corrected chi connectivity index (χ1v) is 9.21. The number of benzene rings is 2. The molecule has 2 aromatic rings. The second-order valence-electron chi connectivity index (χ2n) is 6.91. The van der Waals surface area contributed by atoms with Crippen LogP contribution in [0.3, 0.4) is 0 Å². The van der Waals surface area contributed by atoms with Crippen molar-refractivity contribution in [2.24, 2.45) is 4.99 Å². The SMILES string of the molecule is O=C(CN1C(=O)C(c2ccc(O)cc2)=NC12CCOCC2)Nc1ccccc1. The van der Waals surface area contributed by atoms with Crippen LogP contribution in [0.5, 0.6) is 5.75 Å². The summed E-state index contributed by atoms with van der Waals surface area (Å²) in [6.45, 7) is 0.881. The first-order chi connectivity index (χ1) is 13.6. The van der Waals surface area contributed by atoms with Gasteiger partial charge >= 0.3 is 0 Å². The number of aromatic hydroxyl groups is 1. The van der Waals surface area contributed by atoms with Crippen molar-refractivity contribution >= 4 is 23.2 Å². The van der Waals surface area contributed by atoms with Crippen LogP contribution in [-0.4, -0.2) is 53.0 Å². The zero-order valence-electron chi connectivity index (χ0n) is 15.3. The van der Waals surface area contributed by atoms with Crippen molar-refractivity contribution in [3.05, 3.63) is 60.2 Å². The van der Waals surface area contributed by atoms with Gasteiger partial charge in [0.25, 0.3) is 5.91 Å². The third kappa shape index (κ3) is 3.48. The molecule has 2 aliphatic heterocycles. The molecule has 2 aliphatic rings. The molecule has 1 spiro atoms. The van der Waals surface area contributed by atoms with Gasteiger partial charge in [0.2, 0.25) is 5.91 Å². The van der Waals surface area contributed by atoms with Crippen LogP contribution < -0.4 is 5.32 Å². The summed E-state index contributed by atoms with van der Waals surface area (Å²) >= 11 is 0. The lowest BCUT2D eigenvalue weighted by Crippen LogP contribution is -2.52. The maximum atomic E-state index is 13.2. The lowest BCUT2D eigenvalue weighted by Gasteiger charge is -2.38. The fraction of sp³-hybridized carbons (Fsp3) is 0.286. The van der Waals surface area contributed by atoms with Crippen LogP contribution in [0.4, 0.5) is 5.69 Å². The molecule has 2 amide bonds. The van der Waals surface area contributed by atoms with Crippen LogP contribution in [0.25, 0.3) is 0 Å². The molecule has 0 saturated carbocycles. The van der Waals surface area contributed by atoms with Crippen molar-refractivity contribution in [1.29, 1.82) is 0 Å². The maximum Gasteiger partial charge on any atom is 0.275 e. The Balaban J connectivity index is 1.59. The van der Waals surface area contributed by atoms with Crippen LogP contribution in [0.2, 0.25) is 0 Å². The Labute approximate surface area is 162 Å². The summed E-state index contributed by atoms with van der Waals surface area (Å²) < 4.78 is 5.46. The van der Waals surface area contributed by atoms with Gasteiger partial charge in [0.1, 0.15) is 23.7 Å². The number of hydrogen-bond donors (Lipinski definition) is 2. The van der Waals surface area contributed by atoms with E-state index in [0.29, 0.717) is 43.0 Å². The number of phenols is 1. The van der Waals surface area contributed by atoms with Gasteiger partial charge in [-0.3, -0.25) is 14.6 Å². The smallest absolute Gasteiger partial charge is 0.275 e. The number of para-hydroxylation sites is 1. The molecule has 1 fully saturated rings. The number of amides is 2. The minimum atomic E-state index is -0.767. The van der Waals surface area contributed by atoms with Gasteiger partial charge < -0.3 is 20.1 Å². The van der Waals surface area contributed by atoms with Gasteiger partial charge in [0.05, 0.1) is 13.2 Å². The van der Waals surface area contributed by atoms with Gasteiger partial charge in [0, 0.05) is 24.1 Å². The monoisotopic (exact) mass is 379 g/mol. The lowest BCUT2D eigenvalue weighted by molar-refractivity contribution is -0.136. The van der Waals surface area contributed by atoms with Crippen LogP contribution >= 0.6 is 0 Å². The Hall–Kier alpha value is -3.19. The highest BCUT2D eigenvalue weighted by Gasteiger charge is 2.48. The molecule has 2 N–H and O–H groups in total. The molecule has 1 saturated heterocycles. The van der Waals surface area contributed by atoms with Crippen molar-refractivity contribution < 1.29 is 19.4 Å². The van der Waals surface area contributed by atoms with Gasteiger partial charge in [0.15, 0.2) is 0 Å². The molecule has 7 heteroatoms. The second kappa shape index (κ2) is 7.44. The van der Waals surface area contributed by atoms with E-state index < -0.39 is 5.66 Å². The van der Waals surface area contributed by atoms with E-state index in [0.717, 1.165) is 0 Å². The molecule has 0 unspecified atom stereocenters. The van der Waals surface area contributed by atoms with E-state index in [1.807, 2.05) is 18.2 Å². The Bertz CT molecular complexity index is 903. The van der Waals surface area contributed by atoms with Gasteiger partial charge in [-0.25, -0.2) is 0 Å². The minimum absolute atomic E-state index is 0.0845. The summed E-state index contributed by atoms with van der Waals surface area (Å²) in [6, 6.07) is 15.5. The molecule has 0 atom stereocenters. The number of phenolic OH excluding ortho intramolecular Hbond substituents is 1. The number of ether oxygens (including phenoxy) is 1. The number of carbonyl (C=O) groups is 2. The molecule has 28 heavy (non-hydrogen) atoms. The van der Waals surface area contributed by atoms with Crippen LogP contribution in [-0.2, 0) is 14.3 Å². The fourth-order valence-electron chi connectivity index (χ4n) is 3.61. The molecular formula is C21H21N3O4. The van der Waals surface area contributed by atoms with E-state index in [9.17, 15) is 14.7 Å². The van der Waals surface area contributed by atoms with E-state index in [4.69, 9.17) is 9.73 Å². The standard InChI is InChI=1S/C21H21N3O4/c25-17-8-6-15(7-9-17)19-20(27)24(21(23-19)10-12-28-13-11-21)14-18(26)22-16-4-2-1-3-5-16/h1-9,25H,10-14H2,(H,22,26). The van der Waals surface area contributed by atoms with E-state index in [-0.39, 0.29) is 24.1 Å². The molecule has 0 aliphatic carbocycles. The molecule has 4 rings (SSSR count). The summed E-state index contributed by atoms with van der Waals surface area (Å²) in [6.07, 6.45) is 1.08. The summed E-state index contributed by atoms with van der Waals surface area (Å²) in [5.41, 5.74) is 0.852. The lowest BCUT2D eigenvalue weighted by atomic mass is 10.00. The van der Waals surface area contributed by atoms with Crippen LogP contribution in [0.15, 0.2) is 59.6 Å². The van der Waals surface area contributed by atoms with E-state index in [1.165, 1.54) is 12.1 Å². The first kappa shape index (κ1) is 18.2. The summed E-state index contributed by atoms with van der Waals surface area (Å²) in [7, 11) is 0. The Morgan fingerprint density at radius 3 is 2.46 bits per heavy atom. The van der Waals surface area contributed by atoms with Crippen LogP contribution in [0, 0.1) is 0 Å².